The number of pyridine rings is 1. The van der Waals surface area contributed by atoms with Crippen molar-refractivity contribution < 1.29 is 4.79 Å². The molecule has 3 rings (SSSR count). The van der Waals surface area contributed by atoms with E-state index in [0.29, 0.717) is 6.04 Å². The summed E-state index contributed by atoms with van der Waals surface area (Å²) < 4.78 is 0. The summed E-state index contributed by atoms with van der Waals surface area (Å²) in [4.78, 5) is 19.4. The van der Waals surface area contributed by atoms with Crippen LogP contribution in [-0.2, 0) is 6.42 Å². The molecule has 0 aromatic carbocycles. The van der Waals surface area contributed by atoms with Crippen molar-refractivity contribution >= 4 is 11.7 Å². The molecule has 1 heterocycles. The zero-order valence-corrected chi connectivity index (χ0v) is 12.4. The average Bonchev–Trinajstić information content (AvgIpc) is 3.36. The van der Waals surface area contributed by atoms with Gasteiger partial charge in [-0.2, -0.15) is 0 Å². The molecule has 1 aromatic heterocycles. The zero-order chi connectivity index (χ0) is 14.1. The van der Waals surface area contributed by atoms with Gasteiger partial charge in [0.05, 0.1) is 0 Å². The molecule has 4 heteroatoms. The second-order valence-corrected chi connectivity index (χ2v) is 5.97. The monoisotopic (exact) mass is 273 g/mol. The van der Waals surface area contributed by atoms with Gasteiger partial charge in [-0.25, -0.2) is 4.98 Å². The van der Waals surface area contributed by atoms with E-state index in [1.807, 2.05) is 19.2 Å². The highest BCUT2D eigenvalue weighted by Gasteiger charge is 2.36. The molecule has 0 bridgehead atoms. The van der Waals surface area contributed by atoms with Crippen LogP contribution in [0.2, 0.25) is 0 Å². The SMILES string of the molecule is CCc1cc(C(=O)N(CC2CC2)C2CC2)cc(NC)n1. The molecule has 2 aliphatic rings. The Morgan fingerprint density at radius 2 is 2.10 bits per heavy atom. The molecule has 4 nitrogen and oxygen atoms in total. The highest BCUT2D eigenvalue weighted by Crippen LogP contribution is 2.35. The van der Waals surface area contributed by atoms with Gasteiger partial charge < -0.3 is 10.2 Å². The molecular formula is C16H23N3O. The quantitative estimate of drug-likeness (QED) is 0.866. The molecule has 1 N–H and O–H groups in total. The molecule has 0 spiro atoms. The first-order chi connectivity index (χ1) is 9.71. The van der Waals surface area contributed by atoms with Gasteiger partial charge in [-0.1, -0.05) is 6.92 Å². The van der Waals surface area contributed by atoms with Gasteiger partial charge in [-0.3, -0.25) is 4.79 Å². The molecule has 2 saturated carbocycles. The Morgan fingerprint density at radius 1 is 1.35 bits per heavy atom. The third kappa shape index (κ3) is 2.94. The highest BCUT2D eigenvalue weighted by atomic mass is 16.2. The smallest absolute Gasteiger partial charge is 0.254 e. The minimum atomic E-state index is 0.188. The number of hydrogen-bond donors (Lipinski definition) is 1. The number of anilines is 1. The number of nitrogens with one attached hydrogen (secondary N) is 1. The van der Waals surface area contributed by atoms with E-state index < -0.39 is 0 Å². The molecule has 1 aromatic rings. The second kappa shape index (κ2) is 5.43. The van der Waals surface area contributed by atoms with Gasteiger partial charge >= 0.3 is 0 Å². The van der Waals surface area contributed by atoms with E-state index in [0.717, 1.165) is 36.0 Å². The number of nitrogens with zero attached hydrogens (tertiary/aromatic N) is 2. The Labute approximate surface area is 120 Å². The van der Waals surface area contributed by atoms with Gasteiger partial charge in [-0.05, 0) is 50.2 Å². The van der Waals surface area contributed by atoms with Crippen molar-refractivity contribution in [3.63, 3.8) is 0 Å². The van der Waals surface area contributed by atoms with E-state index in [4.69, 9.17) is 0 Å². The number of hydrogen-bond acceptors (Lipinski definition) is 3. The number of carbonyl (C=O) groups is 1. The topological polar surface area (TPSA) is 45.2 Å². The van der Waals surface area contributed by atoms with E-state index in [-0.39, 0.29) is 5.91 Å². The van der Waals surface area contributed by atoms with Gasteiger partial charge in [-0.15, -0.1) is 0 Å². The van der Waals surface area contributed by atoms with Crippen LogP contribution in [0.25, 0.3) is 0 Å². The van der Waals surface area contributed by atoms with Crippen LogP contribution < -0.4 is 5.32 Å². The Balaban J connectivity index is 1.83. The summed E-state index contributed by atoms with van der Waals surface area (Å²) >= 11 is 0. The lowest BCUT2D eigenvalue weighted by Gasteiger charge is -2.23. The van der Waals surface area contributed by atoms with Crippen LogP contribution in [0.3, 0.4) is 0 Å². The van der Waals surface area contributed by atoms with E-state index >= 15 is 0 Å². The van der Waals surface area contributed by atoms with Crippen LogP contribution in [0, 0.1) is 5.92 Å². The summed E-state index contributed by atoms with van der Waals surface area (Å²) in [5.74, 6) is 1.72. The third-order valence-corrected chi connectivity index (χ3v) is 4.14. The van der Waals surface area contributed by atoms with Crippen LogP contribution in [0.5, 0.6) is 0 Å². The van der Waals surface area contributed by atoms with Gasteiger partial charge in [0, 0.05) is 30.9 Å². The molecule has 1 amide bonds. The van der Waals surface area contributed by atoms with E-state index in [2.05, 4.69) is 22.1 Å². The Kier molecular flexibility index (Phi) is 3.64. The van der Waals surface area contributed by atoms with Crippen molar-refractivity contribution in [2.24, 2.45) is 5.92 Å². The van der Waals surface area contributed by atoms with Crippen molar-refractivity contribution in [3.05, 3.63) is 23.4 Å². The van der Waals surface area contributed by atoms with Crippen LogP contribution in [0.1, 0.15) is 48.7 Å². The lowest BCUT2D eigenvalue weighted by Crippen LogP contribution is -2.35. The Bertz CT molecular complexity index is 484. The van der Waals surface area contributed by atoms with Crippen molar-refractivity contribution in [2.45, 2.75) is 45.1 Å². The molecule has 108 valence electrons. The normalized spacial score (nSPS) is 17.9. The lowest BCUT2D eigenvalue weighted by molar-refractivity contribution is 0.0734. The van der Waals surface area contributed by atoms with Crippen LogP contribution >= 0.6 is 0 Å². The first-order valence-corrected chi connectivity index (χ1v) is 7.71. The Hall–Kier alpha value is -1.58. The third-order valence-electron chi connectivity index (χ3n) is 4.14. The van der Waals surface area contributed by atoms with Crippen LogP contribution in [-0.4, -0.2) is 35.4 Å². The van der Waals surface area contributed by atoms with E-state index in [1.54, 1.807) is 0 Å². The molecule has 0 radical (unpaired) electrons. The predicted octanol–water partition coefficient (Wildman–Crippen LogP) is 2.70. The number of carbonyl (C=O) groups excluding carboxylic acids is 1. The number of aryl methyl sites for hydroxylation is 1. The fourth-order valence-electron chi connectivity index (χ4n) is 2.55. The Morgan fingerprint density at radius 3 is 2.65 bits per heavy atom. The molecule has 2 aliphatic carbocycles. The standard InChI is InChI=1S/C16H23N3O/c1-3-13-8-12(9-15(17-2)18-13)16(20)19(14-6-7-14)10-11-4-5-11/h8-9,11,14H,3-7,10H2,1-2H3,(H,17,18). The van der Waals surface area contributed by atoms with Gasteiger partial charge in [0.15, 0.2) is 0 Å². The summed E-state index contributed by atoms with van der Waals surface area (Å²) in [6.45, 7) is 3.01. The number of aromatic nitrogens is 1. The lowest BCUT2D eigenvalue weighted by atomic mass is 10.1. The fourth-order valence-corrected chi connectivity index (χ4v) is 2.55. The number of amides is 1. The maximum atomic E-state index is 12.8. The zero-order valence-electron chi connectivity index (χ0n) is 12.4. The molecular weight excluding hydrogens is 250 g/mol. The van der Waals surface area contributed by atoms with E-state index in [9.17, 15) is 4.79 Å². The van der Waals surface area contributed by atoms with E-state index in [1.165, 1.54) is 25.7 Å². The summed E-state index contributed by atoms with van der Waals surface area (Å²) in [5, 5.41) is 3.05. The van der Waals surface area contributed by atoms with Gasteiger partial charge in [0.25, 0.3) is 5.91 Å². The van der Waals surface area contributed by atoms with Crippen molar-refractivity contribution in [1.29, 1.82) is 0 Å². The molecule has 20 heavy (non-hydrogen) atoms. The molecule has 0 atom stereocenters. The molecule has 0 saturated heterocycles. The van der Waals surface area contributed by atoms with Crippen molar-refractivity contribution in [1.82, 2.24) is 9.88 Å². The number of rotatable bonds is 6. The van der Waals surface area contributed by atoms with Crippen molar-refractivity contribution in [3.8, 4) is 0 Å². The summed E-state index contributed by atoms with van der Waals surface area (Å²) in [5.41, 5.74) is 1.76. The highest BCUT2D eigenvalue weighted by molar-refractivity contribution is 5.95. The largest absolute Gasteiger partial charge is 0.373 e. The minimum Gasteiger partial charge on any atom is -0.373 e. The van der Waals surface area contributed by atoms with Crippen LogP contribution in [0.15, 0.2) is 12.1 Å². The van der Waals surface area contributed by atoms with Crippen molar-refractivity contribution in [2.75, 3.05) is 18.9 Å². The summed E-state index contributed by atoms with van der Waals surface area (Å²) in [6.07, 6.45) is 5.76. The first kappa shape index (κ1) is 13.4. The molecule has 0 aliphatic heterocycles. The fraction of sp³-hybridized carbons (Fsp3) is 0.625. The van der Waals surface area contributed by atoms with Crippen LogP contribution in [0.4, 0.5) is 5.82 Å². The average molecular weight is 273 g/mol. The summed E-state index contributed by atoms with van der Waals surface area (Å²) in [7, 11) is 1.85. The summed E-state index contributed by atoms with van der Waals surface area (Å²) in [6, 6.07) is 4.31. The maximum absolute atomic E-state index is 12.8. The van der Waals surface area contributed by atoms with Gasteiger partial charge in [0.1, 0.15) is 5.82 Å². The maximum Gasteiger partial charge on any atom is 0.254 e. The van der Waals surface area contributed by atoms with Gasteiger partial charge in [0.2, 0.25) is 0 Å². The predicted molar refractivity (Wildman–Crippen MR) is 79.9 cm³/mol. The molecule has 0 unspecified atom stereocenters. The molecule has 2 fully saturated rings. The first-order valence-electron chi connectivity index (χ1n) is 7.71. The minimum absolute atomic E-state index is 0.188. The second-order valence-electron chi connectivity index (χ2n) is 5.97.